The van der Waals surface area contributed by atoms with E-state index in [0.29, 0.717) is 6.54 Å². The molecule has 1 unspecified atom stereocenters. The van der Waals surface area contributed by atoms with Crippen LogP contribution < -0.4 is 10.5 Å². The standard InChI is InChI=1S/C15H15Br2NO/c1-10-6-7-11(16)8-14(10)19-15(9-18)12-4-2-3-5-13(12)17/h2-8,15H,9,18H2,1H3. The Morgan fingerprint density at radius 2 is 1.89 bits per heavy atom. The Bertz CT molecular complexity index is 572. The van der Waals surface area contributed by atoms with Crippen LogP contribution in [0, 0.1) is 6.92 Å². The van der Waals surface area contributed by atoms with Crippen LogP contribution in [-0.2, 0) is 0 Å². The van der Waals surface area contributed by atoms with E-state index in [9.17, 15) is 0 Å². The fourth-order valence-electron chi connectivity index (χ4n) is 1.83. The van der Waals surface area contributed by atoms with E-state index in [4.69, 9.17) is 10.5 Å². The number of aryl methyl sites for hydroxylation is 1. The molecule has 0 aromatic heterocycles. The smallest absolute Gasteiger partial charge is 0.137 e. The molecule has 2 aromatic carbocycles. The summed E-state index contributed by atoms with van der Waals surface area (Å²) in [5.74, 6) is 0.848. The Balaban J connectivity index is 2.29. The molecule has 0 spiro atoms. The molecule has 0 amide bonds. The van der Waals surface area contributed by atoms with E-state index < -0.39 is 0 Å². The van der Waals surface area contributed by atoms with Crippen LogP contribution in [0.4, 0.5) is 0 Å². The second-order valence-electron chi connectivity index (χ2n) is 4.27. The second-order valence-corrected chi connectivity index (χ2v) is 6.04. The third-order valence-corrected chi connectivity index (χ3v) is 4.10. The summed E-state index contributed by atoms with van der Waals surface area (Å²) in [6, 6.07) is 14.0. The largest absolute Gasteiger partial charge is 0.484 e. The molecule has 0 fully saturated rings. The SMILES string of the molecule is Cc1ccc(Br)cc1OC(CN)c1ccccc1Br. The molecule has 0 radical (unpaired) electrons. The Labute approximate surface area is 130 Å². The fourth-order valence-corrected chi connectivity index (χ4v) is 2.71. The van der Waals surface area contributed by atoms with Gasteiger partial charge in [0.2, 0.25) is 0 Å². The molecule has 100 valence electrons. The van der Waals surface area contributed by atoms with Gasteiger partial charge in [0.1, 0.15) is 11.9 Å². The Kier molecular flexibility index (Phi) is 5.02. The minimum Gasteiger partial charge on any atom is -0.484 e. The lowest BCUT2D eigenvalue weighted by Gasteiger charge is -2.20. The number of ether oxygens (including phenoxy) is 1. The van der Waals surface area contributed by atoms with Crippen LogP contribution in [0.25, 0.3) is 0 Å². The van der Waals surface area contributed by atoms with Crippen LogP contribution in [0.2, 0.25) is 0 Å². The van der Waals surface area contributed by atoms with Crippen molar-refractivity contribution >= 4 is 31.9 Å². The highest BCUT2D eigenvalue weighted by molar-refractivity contribution is 9.10. The summed E-state index contributed by atoms with van der Waals surface area (Å²) in [4.78, 5) is 0. The third-order valence-electron chi connectivity index (χ3n) is 2.89. The molecule has 0 aliphatic rings. The molecule has 19 heavy (non-hydrogen) atoms. The predicted molar refractivity (Wildman–Crippen MR) is 85.4 cm³/mol. The van der Waals surface area contributed by atoms with Crippen molar-refractivity contribution in [1.82, 2.24) is 0 Å². The first kappa shape index (κ1) is 14.6. The maximum absolute atomic E-state index is 6.06. The second kappa shape index (κ2) is 6.55. The number of halogens is 2. The van der Waals surface area contributed by atoms with Crippen molar-refractivity contribution in [1.29, 1.82) is 0 Å². The first-order chi connectivity index (χ1) is 9.11. The summed E-state index contributed by atoms with van der Waals surface area (Å²) < 4.78 is 8.07. The van der Waals surface area contributed by atoms with Crippen molar-refractivity contribution in [3.63, 3.8) is 0 Å². The Hall–Kier alpha value is -0.840. The molecule has 2 rings (SSSR count). The van der Waals surface area contributed by atoms with Gasteiger partial charge in [0.25, 0.3) is 0 Å². The zero-order valence-electron chi connectivity index (χ0n) is 10.6. The summed E-state index contributed by atoms with van der Waals surface area (Å²) in [5.41, 5.74) is 8.00. The first-order valence-corrected chi connectivity index (χ1v) is 7.57. The Morgan fingerprint density at radius 3 is 2.58 bits per heavy atom. The Morgan fingerprint density at radius 1 is 1.16 bits per heavy atom. The normalized spacial score (nSPS) is 12.2. The lowest BCUT2D eigenvalue weighted by molar-refractivity contribution is 0.212. The van der Waals surface area contributed by atoms with Crippen LogP contribution >= 0.6 is 31.9 Å². The molecular weight excluding hydrogens is 370 g/mol. The summed E-state index contributed by atoms with van der Waals surface area (Å²) >= 11 is 7.00. The minimum absolute atomic E-state index is 0.163. The van der Waals surface area contributed by atoms with E-state index >= 15 is 0 Å². The monoisotopic (exact) mass is 383 g/mol. The van der Waals surface area contributed by atoms with Crippen molar-refractivity contribution in [2.75, 3.05) is 6.54 Å². The first-order valence-electron chi connectivity index (χ1n) is 5.99. The van der Waals surface area contributed by atoms with Gasteiger partial charge in [-0.25, -0.2) is 0 Å². The molecule has 1 atom stereocenters. The summed E-state index contributed by atoms with van der Waals surface area (Å²) in [5, 5.41) is 0. The molecule has 0 saturated heterocycles. The van der Waals surface area contributed by atoms with Gasteiger partial charge in [0.15, 0.2) is 0 Å². The quantitative estimate of drug-likeness (QED) is 0.835. The average Bonchev–Trinajstić information content (AvgIpc) is 2.41. The van der Waals surface area contributed by atoms with Gasteiger partial charge in [-0.2, -0.15) is 0 Å². The van der Waals surface area contributed by atoms with Crippen molar-refractivity contribution in [2.45, 2.75) is 13.0 Å². The van der Waals surface area contributed by atoms with Gasteiger partial charge in [-0.05, 0) is 30.7 Å². The van der Waals surface area contributed by atoms with E-state index in [-0.39, 0.29) is 6.10 Å². The molecule has 4 heteroatoms. The van der Waals surface area contributed by atoms with Crippen molar-refractivity contribution in [2.24, 2.45) is 5.73 Å². The number of rotatable bonds is 4. The molecule has 0 bridgehead atoms. The van der Waals surface area contributed by atoms with E-state index in [1.807, 2.05) is 49.4 Å². The lowest BCUT2D eigenvalue weighted by Crippen LogP contribution is -2.19. The number of benzene rings is 2. The van der Waals surface area contributed by atoms with Gasteiger partial charge in [0.05, 0.1) is 0 Å². The lowest BCUT2D eigenvalue weighted by atomic mass is 10.1. The van der Waals surface area contributed by atoms with Gasteiger partial charge in [-0.1, -0.05) is 56.1 Å². The van der Waals surface area contributed by atoms with E-state index in [2.05, 4.69) is 31.9 Å². The van der Waals surface area contributed by atoms with Gasteiger partial charge in [-0.3, -0.25) is 0 Å². The zero-order valence-corrected chi connectivity index (χ0v) is 13.7. The van der Waals surface area contributed by atoms with Crippen molar-refractivity contribution in [3.8, 4) is 5.75 Å². The number of nitrogens with two attached hydrogens (primary N) is 1. The summed E-state index contributed by atoms with van der Waals surface area (Å²) in [6.07, 6.45) is -0.163. The van der Waals surface area contributed by atoms with Crippen LogP contribution in [0.1, 0.15) is 17.2 Å². The molecule has 2 nitrogen and oxygen atoms in total. The van der Waals surface area contributed by atoms with Gasteiger partial charge >= 0.3 is 0 Å². The molecule has 0 heterocycles. The highest BCUT2D eigenvalue weighted by atomic mass is 79.9. The number of hydrogen-bond donors (Lipinski definition) is 1. The maximum Gasteiger partial charge on any atom is 0.137 e. The van der Waals surface area contributed by atoms with Crippen molar-refractivity contribution in [3.05, 3.63) is 62.5 Å². The fraction of sp³-hybridized carbons (Fsp3) is 0.200. The summed E-state index contributed by atoms with van der Waals surface area (Å²) in [7, 11) is 0. The highest BCUT2D eigenvalue weighted by Crippen LogP contribution is 2.30. The van der Waals surface area contributed by atoms with E-state index in [1.54, 1.807) is 0 Å². The maximum atomic E-state index is 6.06. The van der Waals surface area contributed by atoms with Crippen LogP contribution in [0.3, 0.4) is 0 Å². The van der Waals surface area contributed by atoms with E-state index in [1.165, 1.54) is 0 Å². The van der Waals surface area contributed by atoms with Gasteiger partial charge < -0.3 is 10.5 Å². The molecular formula is C15H15Br2NO. The molecule has 2 N–H and O–H groups in total. The zero-order chi connectivity index (χ0) is 13.8. The van der Waals surface area contributed by atoms with Crippen molar-refractivity contribution < 1.29 is 4.74 Å². The van der Waals surface area contributed by atoms with Gasteiger partial charge in [-0.15, -0.1) is 0 Å². The van der Waals surface area contributed by atoms with E-state index in [0.717, 1.165) is 25.8 Å². The molecule has 0 aliphatic heterocycles. The third kappa shape index (κ3) is 3.59. The van der Waals surface area contributed by atoms with Crippen LogP contribution in [0.5, 0.6) is 5.75 Å². The highest BCUT2D eigenvalue weighted by Gasteiger charge is 2.15. The average molecular weight is 385 g/mol. The number of hydrogen-bond acceptors (Lipinski definition) is 2. The molecule has 0 saturated carbocycles. The molecule has 2 aromatic rings. The van der Waals surface area contributed by atoms with Gasteiger partial charge in [0, 0.05) is 21.1 Å². The summed E-state index contributed by atoms with van der Waals surface area (Å²) in [6.45, 7) is 2.45. The topological polar surface area (TPSA) is 35.2 Å². The van der Waals surface area contributed by atoms with Crippen LogP contribution in [-0.4, -0.2) is 6.54 Å². The predicted octanol–water partition coefficient (Wildman–Crippen LogP) is 4.60. The minimum atomic E-state index is -0.163. The molecule has 0 aliphatic carbocycles. The van der Waals surface area contributed by atoms with Crippen LogP contribution in [0.15, 0.2) is 51.4 Å².